The maximum atomic E-state index is 9.51. The van der Waals surface area contributed by atoms with Gasteiger partial charge in [-0.2, -0.15) is 0 Å². The van der Waals surface area contributed by atoms with Crippen molar-refractivity contribution in [1.82, 2.24) is 4.90 Å². The summed E-state index contributed by atoms with van der Waals surface area (Å²) in [6.07, 6.45) is -1.26. The van der Waals surface area contributed by atoms with Crippen LogP contribution in [-0.2, 0) is 23.7 Å². The average Bonchev–Trinajstić information content (AvgIpc) is 3.17. The third-order valence-electron chi connectivity index (χ3n) is 6.28. The number of ether oxygens (including phenoxy) is 5. The van der Waals surface area contributed by atoms with Crippen LogP contribution in [0.25, 0.3) is 0 Å². The van der Waals surface area contributed by atoms with Crippen molar-refractivity contribution in [2.24, 2.45) is 0 Å². The number of hydrogen-bond donors (Lipinski definition) is 1. The molecule has 4 heterocycles. The zero-order chi connectivity index (χ0) is 21.1. The molecule has 0 spiro atoms. The first-order valence-corrected chi connectivity index (χ1v) is 10.8. The molecule has 0 radical (unpaired) electrons. The Hall–Kier alpha value is -1.42. The Kier molecular flexibility index (Phi) is 5.00. The Bertz CT molecular complexity index is 761. The molecule has 1 aromatic rings. The highest BCUT2D eigenvalue weighted by Crippen LogP contribution is 2.44. The Balaban J connectivity index is 1.24. The average molecular weight is 421 g/mol. The molecule has 5 atom stereocenters. The lowest BCUT2D eigenvalue weighted by molar-refractivity contribution is -0.236. The normalized spacial score (nSPS) is 37.7. The standard InChI is InChI=1S/C22H32N2O6/c1-21(2)27-17-16(26-20-19(18(17)28-21)29-22(3,4)30-20)13-23-9-11-24(12-10-23)14-5-7-15(25)8-6-14/h5-8,16-20,25H,9-13H2,1-4H3/t16-,17+,18+,19-,20-/m1/s1. The van der Waals surface area contributed by atoms with Crippen LogP contribution in [0.5, 0.6) is 5.75 Å². The predicted octanol–water partition coefficient (Wildman–Crippen LogP) is 1.91. The minimum Gasteiger partial charge on any atom is -0.508 e. The van der Waals surface area contributed by atoms with Crippen LogP contribution in [0.1, 0.15) is 27.7 Å². The topological polar surface area (TPSA) is 72.9 Å². The number of piperazine rings is 1. The number of aromatic hydroxyl groups is 1. The zero-order valence-corrected chi connectivity index (χ0v) is 18.1. The van der Waals surface area contributed by atoms with Crippen molar-refractivity contribution in [1.29, 1.82) is 0 Å². The maximum Gasteiger partial charge on any atom is 0.190 e. The van der Waals surface area contributed by atoms with Crippen LogP contribution < -0.4 is 4.90 Å². The fraction of sp³-hybridized carbons (Fsp3) is 0.727. The molecule has 0 unspecified atom stereocenters. The lowest BCUT2D eigenvalue weighted by atomic mass is 9.98. The fourth-order valence-corrected chi connectivity index (χ4v) is 4.95. The third kappa shape index (κ3) is 3.92. The molecule has 1 aromatic carbocycles. The van der Waals surface area contributed by atoms with Gasteiger partial charge in [0.15, 0.2) is 17.9 Å². The third-order valence-corrected chi connectivity index (χ3v) is 6.28. The molecule has 8 nitrogen and oxygen atoms in total. The summed E-state index contributed by atoms with van der Waals surface area (Å²) in [6.45, 7) is 12.2. The van der Waals surface area contributed by atoms with Crippen molar-refractivity contribution in [2.45, 2.75) is 70.0 Å². The van der Waals surface area contributed by atoms with E-state index in [1.165, 1.54) is 0 Å². The van der Waals surface area contributed by atoms with E-state index in [4.69, 9.17) is 23.7 Å². The number of nitrogens with zero attached hydrogens (tertiary/aromatic N) is 2. The Labute approximate surface area is 177 Å². The lowest BCUT2D eigenvalue weighted by Gasteiger charge is -2.42. The highest BCUT2D eigenvalue weighted by atomic mass is 16.9. The first kappa shape index (κ1) is 20.5. The molecule has 30 heavy (non-hydrogen) atoms. The van der Waals surface area contributed by atoms with Crippen LogP contribution >= 0.6 is 0 Å². The van der Waals surface area contributed by atoms with Crippen LogP contribution in [0.15, 0.2) is 24.3 Å². The number of benzene rings is 1. The number of phenolic OH excluding ortho intramolecular Hbond substituents is 1. The zero-order valence-electron chi connectivity index (χ0n) is 18.1. The van der Waals surface area contributed by atoms with Crippen molar-refractivity contribution in [3.05, 3.63) is 24.3 Å². The number of phenols is 1. The second-order valence-electron chi connectivity index (χ2n) is 9.51. The molecule has 0 aromatic heterocycles. The number of rotatable bonds is 3. The monoisotopic (exact) mass is 420 g/mol. The predicted molar refractivity (Wildman–Crippen MR) is 109 cm³/mol. The van der Waals surface area contributed by atoms with Gasteiger partial charge in [-0.05, 0) is 52.0 Å². The number of anilines is 1. The molecule has 0 bridgehead atoms. The van der Waals surface area contributed by atoms with Gasteiger partial charge in [-0.15, -0.1) is 0 Å². The largest absolute Gasteiger partial charge is 0.508 e. The summed E-state index contributed by atoms with van der Waals surface area (Å²) in [5.74, 6) is -1.07. The SMILES string of the molecule is CC1(C)O[C@H]2[C@@H](O1)[C@@H](CN1CCN(c3ccc(O)cc3)CC1)O[C@@H]1OC(C)(C)O[C@@H]12. The summed E-state index contributed by atoms with van der Waals surface area (Å²) >= 11 is 0. The van der Waals surface area contributed by atoms with E-state index in [9.17, 15) is 5.11 Å². The molecule has 8 heteroatoms. The van der Waals surface area contributed by atoms with Crippen molar-refractivity contribution in [3.63, 3.8) is 0 Å². The van der Waals surface area contributed by atoms with Gasteiger partial charge in [0.25, 0.3) is 0 Å². The number of hydrogen-bond acceptors (Lipinski definition) is 8. The van der Waals surface area contributed by atoms with E-state index in [0.717, 1.165) is 38.4 Å². The highest BCUT2D eigenvalue weighted by molar-refractivity contribution is 5.49. The van der Waals surface area contributed by atoms with Crippen molar-refractivity contribution < 1.29 is 28.8 Å². The maximum absolute atomic E-state index is 9.51. The molecule has 0 amide bonds. The molecule has 5 rings (SSSR count). The summed E-state index contributed by atoms with van der Waals surface area (Å²) in [7, 11) is 0. The molecular formula is C22H32N2O6. The van der Waals surface area contributed by atoms with Gasteiger partial charge in [-0.1, -0.05) is 0 Å². The van der Waals surface area contributed by atoms with Gasteiger partial charge in [-0.25, -0.2) is 0 Å². The molecule has 0 saturated carbocycles. The van der Waals surface area contributed by atoms with Crippen LogP contribution in [0.2, 0.25) is 0 Å². The van der Waals surface area contributed by atoms with E-state index in [0.29, 0.717) is 5.75 Å². The minimum absolute atomic E-state index is 0.143. The summed E-state index contributed by atoms with van der Waals surface area (Å²) in [4.78, 5) is 4.75. The van der Waals surface area contributed by atoms with Crippen molar-refractivity contribution >= 4 is 5.69 Å². The summed E-state index contributed by atoms with van der Waals surface area (Å²) in [5, 5.41) is 9.51. The second-order valence-corrected chi connectivity index (χ2v) is 9.51. The molecule has 166 valence electrons. The smallest absolute Gasteiger partial charge is 0.190 e. The Morgan fingerprint density at radius 1 is 0.833 bits per heavy atom. The van der Waals surface area contributed by atoms with E-state index in [1.54, 1.807) is 12.1 Å². The Morgan fingerprint density at radius 2 is 1.43 bits per heavy atom. The summed E-state index contributed by atoms with van der Waals surface area (Å²) in [6, 6.07) is 7.40. The van der Waals surface area contributed by atoms with E-state index in [2.05, 4.69) is 9.80 Å². The van der Waals surface area contributed by atoms with Crippen LogP contribution in [-0.4, -0.2) is 85.0 Å². The van der Waals surface area contributed by atoms with Crippen LogP contribution in [0.3, 0.4) is 0 Å². The molecular weight excluding hydrogens is 388 g/mol. The second kappa shape index (κ2) is 7.32. The molecule has 4 fully saturated rings. The van der Waals surface area contributed by atoms with Gasteiger partial charge >= 0.3 is 0 Å². The summed E-state index contributed by atoms with van der Waals surface area (Å²) < 4.78 is 30.9. The molecule has 4 aliphatic rings. The van der Waals surface area contributed by atoms with Gasteiger partial charge in [0, 0.05) is 38.4 Å². The quantitative estimate of drug-likeness (QED) is 0.795. The summed E-state index contributed by atoms with van der Waals surface area (Å²) in [5.41, 5.74) is 1.14. The highest BCUT2D eigenvalue weighted by Gasteiger charge is 2.60. The van der Waals surface area contributed by atoms with Crippen molar-refractivity contribution in [2.75, 3.05) is 37.6 Å². The minimum atomic E-state index is -0.694. The van der Waals surface area contributed by atoms with E-state index >= 15 is 0 Å². The Morgan fingerprint density at radius 3 is 2.13 bits per heavy atom. The van der Waals surface area contributed by atoms with Gasteiger partial charge < -0.3 is 33.7 Å². The van der Waals surface area contributed by atoms with Gasteiger partial charge in [-0.3, -0.25) is 4.90 Å². The molecule has 1 N–H and O–H groups in total. The van der Waals surface area contributed by atoms with Gasteiger partial charge in [0.2, 0.25) is 0 Å². The van der Waals surface area contributed by atoms with Crippen molar-refractivity contribution in [3.8, 4) is 5.75 Å². The first-order valence-electron chi connectivity index (χ1n) is 10.8. The van der Waals surface area contributed by atoms with E-state index in [-0.39, 0.29) is 24.4 Å². The molecule has 4 aliphatic heterocycles. The van der Waals surface area contributed by atoms with Crippen LogP contribution in [0.4, 0.5) is 5.69 Å². The van der Waals surface area contributed by atoms with E-state index in [1.807, 2.05) is 39.8 Å². The van der Waals surface area contributed by atoms with Gasteiger partial charge in [0.05, 0.1) is 0 Å². The van der Waals surface area contributed by atoms with E-state index < -0.39 is 17.9 Å². The number of fused-ring (bicyclic) bond motifs is 3. The molecule has 0 aliphatic carbocycles. The van der Waals surface area contributed by atoms with Crippen LogP contribution in [0, 0.1) is 0 Å². The first-order chi connectivity index (χ1) is 14.2. The fourth-order valence-electron chi connectivity index (χ4n) is 4.95. The lowest BCUT2D eigenvalue weighted by Crippen LogP contribution is -2.59. The molecule has 4 saturated heterocycles. The van der Waals surface area contributed by atoms with Gasteiger partial charge in [0.1, 0.15) is 30.2 Å².